The van der Waals surface area contributed by atoms with Gasteiger partial charge in [0.2, 0.25) is 5.91 Å². The van der Waals surface area contributed by atoms with E-state index < -0.39 is 0 Å². The lowest BCUT2D eigenvalue weighted by molar-refractivity contribution is -0.123. The molecule has 1 heterocycles. The summed E-state index contributed by atoms with van der Waals surface area (Å²) in [5.41, 5.74) is 7.36. The van der Waals surface area contributed by atoms with E-state index in [-0.39, 0.29) is 11.8 Å². The Morgan fingerprint density at radius 2 is 2.05 bits per heavy atom. The fourth-order valence-electron chi connectivity index (χ4n) is 3.07. The van der Waals surface area contributed by atoms with Gasteiger partial charge >= 0.3 is 0 Å². The fourth-order valence-corrected chi connectivity index (χ4v) is 3.07. The molecule has 1 aromatic rings. The van der Waals surface area contributed by atoms with Gasteiger partial charge in [-0.25, -0.2) is 0 Å². The summed E-state index contributed by atoms with van der Waals surface area (Å²) in [7, 11) is 0. The number of nitrogens with two attached hydrogens (primary N) is 1. The van der Waals surface area contributed by atoms with E-state index in [0.29, 0.717) is 24.6 Å². The average molecular weight is 260 g/mol. The van der Waals surface area contributed by atoms with Crippen LogP contribution in [0.1, 0.15) is 32.1 Å². The first-order valence-electron chi connectivity index (χ1n) is 7.10. The van der Waals surface area contributed by atoms with Crippen molar-refractivity contribution >= 4 is 17.3 Å². The highest BCUT2D eigenvalue weighted by atomic mass is 16.5. The van der Waals surface area contributed by atoms with Gasteiger partial charge in [0, 0.05) is 5.92 Å². The second-order valence-corrected chi connectivity index (χ2v) is 5.37. The van der Waals surface area contributed by atoms with Crippen LogP contribution in [0.2, 0.25) is 0 Å². The molecule has 4 heteroatoms. The number of benzene rings is 1. The van der Waals surface area contributed by atoms with E-state index in [2.05, 4.69) is 0 Å². The Bertz CT molecular complexity index is 481. The van der Waals surface area contributed by atoms with Gasteiger partial charge in [-0.2, -0.15) is 0 Å². The SMILES string of the molecule is Nc1cccc2c1OCCN2C(=O)C1CCCCC1. The van der Waals surface area contributed by atoms with E-state index in [1.165, 1.54) is 19.3 Å². The van der Waals surface area contributed by atoms with E-state index in [4.69, 9.17) is 10.5 Å². The van der Waals surface area contributed by atoms with Gasteiger partial charge in [-0.15, -0.1) is 0 Å². The molecule has 0 unspecified atom stereocenters. The number of hydrogen-bond donors (Lipinski definition) is 1. The fraction of sp³-hybridized carbons (Fsp3) is 0.533. The largest absolute Gasteiger partial charge is 0.487 e. The number of anilines is 2. The van der Waals surface area contributed by atoms with E-state index in [0.717, 1.165) is 18.5 Å². The number of nitrogen functional groups attached to an aromatic ring is 1. The third kappa shape index (κ3) is 2.27. The molecule has 0 saturated heterocycles. The summed E-state index contributed by atoms with van der Waals surface area (Å²) in [5.74, 6) is 1.09. The van der Waals surface area contributed by atoms with Crippen LogP contribution >= 0.6 is 0 Å². The summed E-state index contributed by atoms with van der Waals surface area (Å²) < 4.78 is 5.60. The topological polar surface area (TPSA) is 55.6 Å². The van der Waals surface area contributed by atoms with Crippen LogP contribution in [0.3, 0.4) is 0 Å². The van der Waals surface area contributed by atoms with Gasteiger partial charge in [0.05, 0.1) is 17.9 Å². The van der Waals surface area contributed by atoms with Crippen molar-refractivity contribution in [3.05, 3.63) is 18.2 Å². The molecule has 0 radical (unpaired) electrons. The second-order valence-electron chi connectivity index (χ2n) is 5.37. The first-order chi connectivity index (χ1) is 9.27. The van der Waals surface area contributed by atoms with Gasteiger partial charge in [0.15, 0.2) is 5.75 Å². The molecule has 1 fully saturated rings. The quantitative estimate of drug-likeness (QED) is 0.790. The van der Waals surface area contributed by atoms with Crippen LogP contribution in [0.5, 0.6) is 5.75 Å². The highest BCUT2D eigenvalue weighted by molar-refractivity contribution is 5.98. The number of para-hydroxylation sites is 1. The highest BCUT2D eigenvalue weighted by Gasteiger charge is 2.30. The molecular formula is C15H20N2O2. The first kappa shape index (κ1) is 12.3. The van der Waals surface area contributed by atoms with Crippen LogP contribution < -0.4 is 15.4 Å². The number of hydrogen-bond acceptors (Lipinski definition) is 3. The molecule has 0 spiro atoms. The van der Waals surface area contributed by atoms with Crippen molar-refractivity contribution in [3.63, 3.8) is 0 Å². The second kappa shape index (κ2) is 5.11. The monoisotopic (exact) mass is 260 g/mol. The van der Waals surface area contributed by atoms with Crippen molar-refractivity contribution in [1.29, 1.82) is 0 Å². The number of carbonyl (C=O) groups is 1. The summed E-state index contributed by atoms with van der Waals surface area (Å²) in [5, 5.41) is 0. The van der Waals surface area contributed by atoms with Crippen LogP contribution in [0.25, 0.3) is 0 Å². The molecule has 1 aliphatic carbocycles. The number of carbonyl (C=O) groups excluding carboxylic acids is 1. The van der Waals surface area contributed by atoms with Crippen LogP contribution in [-0.2, 0) is 4.79 Å². The van der Waals surface area contributed by atoms with E-state index >= 15 is 0 Å². The lowest BCUT2D eigenvalue weighted by Gasteiger charge is -2.33. The Labute approximate surface area is 113 Å². The van der Waals surface area contributed by atoms with Crippen molar-refractivity contribution < 1.29 is 9.53 Å². The molecule has 1 aromatic carbocycles. The van der Waals surface area contributed by atoms with Crippen molar-refractivity contribution in [2.45, 2.75) is 32.1 Å². The van der Waals surface area contributed by atoms with Crippen LogP contribution in [0.4, 0.5) is 11.4 Å². The lowest BCUT2D eigenvalue weighted by Crippen LogP contribution is -2.42. The predicted octanol–water partition coefficient (Wildman–Crippen LogP) is 2.57. The zero-order chi connectivity index (χ0) is 13.2. The summed E-state index contributed by atoms with van der Waals surface area (Å²) in [6.45, 7) is 1.16. The smallest absolute Gasteiger partial charge is 0.230 e. The number of fused-ring (bicyclic) bond motifs is 1. The Morgan fingerprint density at radius 1 is 1.26 bits per heavy atom. The van der Waals surface area contributed by atoms with E-state index in [1.54, 1.807) is 0 Å². The van der Waals surface area contributed by atoms with E-state index in [9.17, 15) is 4.79 Å². The van der Waals surface area contributed by atoms with Gasteiger partial charge in [0.1, 0.15) is 6.61 Å². The maximum Gasteiger partial charge on any atom is 0.230 e. The Kier molecular flexibility index (Phi) is 3.32. The van der Waals surface area contributed by atoms with Gasteiger partial charge in [-0.05, 0) is 25.0 Å². The van der Waals surface area contributed by atoms with Crippen molar-refractivity contribution in [3.8, 4) is 5.75 Å². The average Bonchev–Trinajstić information content (AvgIpc) is 2.47. The minimum atomic E-state index is 0.182. The molecular weight excluding hydrogens is 240 g/mol. The molecule has 4 nitrogen and oxygen atoms in total. The molecule has 2 aliphatic rings. The van der Waals surface area contributed by atoms with E-state index in [1.807, 2.05) is 23.1 Å². The molecule has 1 saturated carbocycles. The minimum Gasteiger partial charge on any atom is -0.487 e. The molecule has 1 amide bonds. The molecule has 0 bridgehead atoms. The summed E-state index contributed by atoms with van der Waals surface area (Å²) in [6, 6.07) is 5.61. The molecule has 1 aliphatic heterocycles. The summed E-state index contributed by atoms with van der Waals surface area (Å²) in [6.07, 6.45) is 5.65. The zero-order valence-corrected chi connectivity index (χ0v) is 11.1. The Hall–Kier alpha value is -1.71. The highest BCUT2D eigenvalue weighted by Crippen LogP contribution is 2.38. The minimum absolute atomic E-state index is 0.182. The molecule has 2 N–H and O–H groups in total. The maximum atomic E-state index is 12.7. The number of ether oxygens (including phenoxy) is 1. The third-order valence-corrected chi connectivity index (χ3v) is 4.10. The zero-order valence-electron chi connectivity index (χ0n) is 11.1. The summed E-state index contributed by atoms with van der Waals surface area (Å²) in [4.78, 5) is 14.5. The maximum absolute atomic E-state index is 12.7. The number of rotatable bonds is 1. The van der Waals surface area contributed by atoms with Gasteiger partial charge < -0.3 is 15.4 Å². The van der Waals surface area contributed by atoms with Gasteiger partial charge in [-0.1, -0.05) is 25.3 Å². The van der Waals surface area contributed by atoms with Crippen molar-refractivity contribution in [2.24, 2.45) is 5.92 Å². The molecule has 3 rings (SSSR count). The standard InChI is InChI=1S/C15H20N2O2/c16-12-7-4-8-13-14(12)19-10-9-17(13)15(18)11-5-2-1-3-6-11/h4,7-8,11H,1-3,5-6,9-10,16H2. The van der Waals surface area contributed by atoms with Crippen LogP contribution in [0.15, 0.2) is 18.2 Å². The van der Waals surface area contributed by atoms with Crippen molar-refractivity contribution in [1.82, 2.24) is 0 Å². The first-order valence-corrected chi connectivity index (χ1v) is 7.10. The lowest BCUT2D eigenvalue weighted by atomic mass is 9.88. The molecule has 0 aromatic heterocycles. The molecule has 102 valence electrons. The molecule has 0 atom stereocenters. The third-order valence-electron chi connectivity index (χ3n) is 4.10. The predicted molar refractivity (Wildman–Crippen MR) is 75.3 cm³/mol. The normalized spacial score (nSPS) is 19.7. The summed E-state index contributed by atoms with van der Waals surface area (Å²) >= 11 is 0. The van der Waals surface area contributed by atoms with Gasteiger partial charge in [0.25, 0.3) is 0 Å². The number of nitrogens with zero attached hydrogens (tertiary/aromatic N) is 1. The Morgan fingerprint density at radius 3 is 2.84 bits per heavy atom. The van der Waals surface area contributed by atoms with Crippen molar-refractivity contribution in [2.75, 3.05) is 23.8 Å². The number of amides is 1. The van der Waals surface area contributed by atoms with Crippen LogP contribution in [0, 0.1) is 5.92 Å². The Balaban J connectivity index is 1.86. The van der Waals surface area contributed by atoms with Gasteiger partial charge in [-0.3, -0.25) is 4.79 Å². The van der Waals surface area contributed by atoms with Crippen LogP contribution in [-0.4, -0.2) is 19.1 Å². The molecule has 19 heavy (non-hydrogen) atoms.